The average molecular weight is 366 g/mol. The Bertz CT molecular complexity index is 853. The average Bonchev–Trinajstić information content (AvgIpc) is 3.07. The molecule has 5 heteroatoms. The molecule has 0 spiro atoms. The molecule has 3 aromatic rings. The van der Waals surface area contributed by atoms with E-state index >= 15 is 0 Å². The third kappa shape index (κ3) is 4.77. The number of carbonyl (C=O) groups excluding carboxylic acids is 1. The summed E-state index contributed by atoms with van der Waals surface area (Å²) in [6, 6.07) is 17.9. The minimum absolute atomic E-state index is 0.0355. The number of para-hydroxylation sites is 1. The first-order valence-corrected chi connectivity index (χ1v) is 9.50. The molecule has 0 aliphatic heterocycles. The van der Waals surface area contributed by atoms with Gasteiger partial charge in [0.15, 0.2) is 5.13 Å². The summed E-state index contributed by atoms with van der Waals surface area (Å²) in [7, 11) is 4.08. The van der Waals surface area contributed by atoms with E-state index in [0.717, 1.165) is 33.9 Å². The highest BCUT2D eigenvalue weighted by Crippen LogP contribution is 2.29. The summed E-state index contributed by atoms with van der Waals surface area (Å²) in [4.78, 5) is 21.4. The molecule has 4 nitrogen and oxygen atoms in total. The fourth-order valence-corrected chi connectivity index (χ4v) is 3.64. The van der Waals surface area contributed by atoms with Crippen LogP contribution in [0.5, 0.6) is 0 Å². The number of carbonyl (C=O) groups is 1. The van der Waals surface area contributed by atoms with Crippen molar-refractivity contribution in [1.29, 1.82) is 0 Å². The van der Waals surface area contributed by atoms with E-state index < -0.39 is 0 Å². The van der Waals surface area contributed by atoms with Gasteiger partial charge in [0, 0.05) is 12.6 Å². The Morgan fingerprint density at radius 1 is 1.04 bits per heavy atom. The molecule has 0 unspecified atom stereocenters. The Morgan fingerprint density at radius 3 is 2.50 bits per heavy atom. The zero-order chi connectivity index (χ0) is 18.4. The fourth-order valence-electron chi connectivity index (χ4n) is 2.64. The molecule has 0 atom stereocenters. The predicted octanol–water partition coefficient (Wildman–Crippen LogP) is 4.29. The molecule has 0 fully saturated rings. The Balaban J connectivity index is 1.82. The van der Waals surface area contributed by atoms with Crippen LogP contribution in [-0.2, 0) is 4.79 Å². The number of hydrogen-bond acceptors (Lipinski definition) is 4. The molecule has 26 heavy (non-hydrogen) atoms. The number of benzene rings is 2. The van der Waals surface area contributed by atoms with Crippen LogP contribution in [0, 0.1) is 0 Å². The fraction of sp³-hybridized carbons (Fsp3) is 0.238. The van der Waals surface area contributed by atoms with Crippen LogP contribution in [0.2, 0.25) is 0 Å². The van der Waals surface area contributed by atoms with E-state index in [9.17, 15) is 4.79 Å². The minimum Gasteiger partial charge on any atom is -0.309 e. The van der Waals surface area contributed by atoms with Crippen molar-refractivity contribution in [3.05, 3.63) is 66.2 Å². The monoisotopic (exact) mass is 365 g/mol. The van der Waals surface area contributed by atoms with Gasteiger partial charge in [-0.05, 0) is 50.8 Å². The lowest BCUT2D eigenvalue weighted by Gasteiger charge is -2.19. The van der Waals surface area contributed by atoms with Crippen LogP contribution < -0.4 is 4.90 Å². The van der Waals surface area contributed by atoms with E-state index in [1.807, 2.05) is 74.8 Å². The molecule has 0 bridgehead atoms. The van der Waals surface area contributed by atoms with Gasteiger partial charge in [-0.15, -0.1) is 0 Å². The number of rotatable bonds is 7. The summed E-state index contributed by atoms with van der Waals surface area (Å²) >= 11 is 1.56. The zero-order valence-corrected chi connectivity index (χ0v) is 15.9. The number of aromatic nitrogens is 1. The molecule has 0 radical (unpaired) electrons. The number of thiazole rings is 1. The molecule has 0 aliphatic carbocycles. The molecule has 2 aromatic carbocycles. The van der Waals surface area contributed by atoms with E-state index in [-0.39, 0.29) is 5.91 Å². The molecule has 134 valence electrons. The van der Waals surface area contributed by atoms with Crippen molar-refractivity contribution in [3.63, 3.8) is 0 Å². The number of anilines is 1. The molecular formula is C21H23N3OS. The number of fused-ring (bicyclic) bond motifs is 1. The zero-order valence-electron chi connectivity index (χ0n) is 15.1. The Kier molecular flexibility index (Phi) is 6.15. The van der Waals surface area contributed by atoms with E-state index in [0.29, 0.717) is 6.54 Å². The van der Waals surface area contributed by atoms with Gasteiger partial charge in [0.2, 0.25) is 0 Å². The largest absolute Gasteiger partial charge is 0.309 e. The second-order valence-corrected chi connectivity index (χ2v) is 7.36. The predicted molar refractivity (Wildman–Crippen MR) is 111 cm³/mol. The van der Waals surface area contributed by atoms with Crippen molar-refractivity contribution < 1.29 is 4.79 Å². The van der Waals surface area contributed by atoms with Gasteiger partial charge in [-0.1, -0.05) is 53.8 Å². The molecule has 0 aliphatic rings. The Morgan fingerprint density at radius 2 is 1.77 bits per heavy atom. The molecule has 0 saturated heterocycles. The maximum Gasteiger partial charge on any atom is 0.252 e. The van der Waals surface area contributed by atoms with E-state index in [1.54, 1.807) is 22.3 Å². The van der Waals surface area contributed by atoms with Gasteiger partial charge in [0.05, 0.1) is 10.2 Å². The van der Waals surface area contributed by atoms with Crippen molar-refractivity contribution in [2.75, 3.05) is 32.1 Å². The smallest absolute Gasteiger partial charge is 0.252 e. The van der Waals surface area contributed by atoms with Crippen LogP contribution in [0.15, 0.2) is 60.7 Å². The van der Waals surface area contributed by atoms with Crippen molar-refractivity contribution >= 4 is 38.7 Å². The maximum absolute atomic E-state index is 12.9. The van der Waals surface area contributed by atoms with Crippen molar-refractivity contribution in [1.82, 2.24) is 9.88 Å². The second kappa shape index (κ2) is 8.74. The van der Waals surface area contributed by atoms with Crippen LogP contribution in [0.3, 0.4) is 0 Å². The van der Waals surface area contributed by atoms with Crippen LogP contribution in [0.25, 0.3) is 16.3 Å². The lowest BCUT2D eigenvalue weighted by atomic mass is 10.2. The van der Waals surface area contributed by atoms with Crippen molar-refractivity contribution in [3.8, 4) is 0 Å². The van der Waals surface area contributed by atoms with Crippen molar-refractivity contribution in [2.45, 2.75) is 6.42 Å². The summed E-state index contributed by atoms with van der Waals surface area (Å²) < 4.78 is 1.10. The number of amides is 1. The molecule has 3 rings (SSSR count). The summed E-state index contributed by atoms with van der Waals surface area (Å²) in [6.07, 6.45) is 4.39. The first kappa shape index (κ1) is 18.3. The van der Waals surface area contributed by atoms with Crippen LogP contribution in [-0.4, -0.2) is 43.0 Å². The van der Waals surface area contributed by atoms with Crippen molar-refractivity contribution in [2.24, 2.45) is 0 Å². The normalized spacial score (nSPS) is 11.5. The third-order valence-electron chi connectivity index (χ3n) is 3.98. The SMILES string of the molecule is CN(C)CCCN(C(=O)/C=C/c1ccccc1)c1nc2ccccc2s1. The summed E-state index contributed by atoms with van der Waals surface area (Å²) in [5.41, 5.74) is 1.95. The van der Waals surface area contributed by atoms with Crippen LogP contribution in [0.4, 0.5) is 5.13 Å². The van der Waals surface area contributed by atoms with Gasteiger partial charge in [-0.3, -0.25) is 9.69 Å². The van der Waals surface area contributed by atoms with Gasteiger partial charge in [0.1, 0.15) is 0 Å². The highest BCUT2D eigenvalue weighted by atomic mass is 32.1. The molecule has 1 heterocycles. The first-order chi connectivity index (χ1) is 12.6. The van der Waals surface area contributed by atoms with Gasteiger partial charge < -0.3 is 4.90 Å². The lowest BCUT2D eigenvalue weighted by Crippen LogP contribution is -2.32. The lowest BCUT2D eigenvalue weighted by molar-refractivity contribution is -0.114. The van der Waals surface area contributed by atoms with Gasteiger partial charge in [-0.25, -0.2) is 4.98 Å². The molecular weight excluding hydrogens is 342 g/mol. The third-order valence-corrected chi connectivity index (χ3v) is 5.04. The minimum atomic E-state index is -0.0355. The highest BCUT2D eigenvalue weighted by Gasteiger charge is 2.17. The standard InChI is InChI=1S/C21H23N3OS/c1-23(2)15-8-16-24(20(25)14-13-17-9-4-3-5-10-17)21-22-18-11-6-7-12-19(18)26-21/h3-7,9-14H,8,15-16H2,1-2H3/b14-13+. The molecule has 0 saturated carbocycles. The maximum atomic E-state index is 12.9. The highest BCUT2D eigenvalue weighted by molar-refractivity contribution is 7.22. The Labute approximate surface area is 158 Å². The summed E-state index contributed by atoms with van der Waals surface area (Å²) in [5, 5.41) is 0.757. The topological polar surface area (TPSA) is 36.4 Å². The van der Waals surface area contributed by atoms with E-state index in [2.05, 4.69) is 9.88 Å². The van der Waals surface area contributed by atoms with E-state index in [1.165, 1.54) is 0 Å². The summed E-state index contributed by atoms with van der Waals surface area (Å²) in [5.74, 6) is -0.0355. The van der Waals surface area contributed by atoms with Crippen LogP contribution in [0.1, 0.15) is 12.0 Å². The van der Waals surface area contributed by atoms with E-state index in [4.69, 9.17) is 0 Å². The Hall–Kier alpha value is -2.50. The van der Waals surface area contributed by atoms with Gasteiger partial charge in [0.25, 0.3) is 5.91 Å². The quantitative estimate of drug-likeness (QED) is 0.586. The summed E-state index contributed by atoms with van der Waals surface area (Å²) in [6.45, 7) is 1.58. The van der Waals surface area contributed by atoms with Crippen LogP contribution >= 0.6 is 11.3 Å². The second-order valence-electron chi connectivity index (χ2n) is 6.35. The molecule has 1 amide bonds. The number of hydrogen-bond donors (Lipinski definition) is 0. The van der Waals surface area contributed by atoms with Gasteiger partial charge in [-0.2, -0.15) is 0 Å². The van der Waals surface area contributed by atoms with Gasteiger partial charge >= 0.3 is 0 Å². The number of nitrogens with zero attached hydrogens (tertiary/aromatic N) is 3. The molecule has 0 N–H and O–H groups in total. The first-order valence-electron chi connectivity index (χ1n) is 8.68. The molecule has 1 aromatic heterocycles.